The Morgan fingerprint density at radius 1 is 0.707 bits per heavy atom. The van der Waals surface area contributed by atoms with E-state index in [1.165, 1.54) is 12.1 Å². The van der Waals surface area contributed by atoms with E-state index in [4.69, 9.17) is 9.10 Å². The molecule has 0 amide bonds. The average Bonchev–Trinajstić information content (AvgIpc) is 3.40. The molecule has 5 heteroatoms. The van der Waals surface area contributed by atoms with E-state index in [-0.39, 0.29) is 50.6 Å². The largest absolute Gasteiger partial charge is 0.507 e. The minimum absolute atomic E-state index is 0. The van der Waals surface area contributed by atoms with Gasteiger partial charge in [0.1, 0.15) is 11.6 Å². The number of para-hydroxylation sites is 3. The molecular weight excluding hydrogens is 685 g/mol. The Bertz CT molecular complexity index is 2110. The molecule has 200 valence electrons. The van der Waals surface area contributed by atoms with Crippen molar-refractivity contribution in [2.24, 2.45) is 0 Å². The Morgan fingerprint density at radius 3 is 2.27 bits per heavy atom. The monoisotopic (exact) mass is 712 g/mol. The van der Waals surface area contributed by atoms with Gasteiger partial charge in [-0.05, 0) is 47.5 Å². The summed E-state index contributed by atoms with van der Waals surface area (Å²) in [6, 6.07) is 41.4. The van der Waals surface area contributed by atoms with Gasteiger partial charge in [0.2, 0.25) is 0 Å². The van der Waals surface area contributed by atoms with Crippen LogP contribution in [0.3, 0.4) is 0 Å². The van der Waals surface area contributed by atoms with Crippen molar-refractivity contribution in [3.63, 3.8) is 0 Å². The number of phenols is 1. The van der Waals surface area contributed by atoms with Crippen LogP contribution in [0.25, 0.3) is 61.6 Å². The number of benzene rings is 5. The van der Waals surface area contributed by atoms with Gasteiger partial charge in [-0.25, -0.2) is 4.98 Å². The summed E-state index contributed by atoms with van der Waals surface area (Å²) < 4.78 is 26.8. The van der Waals surface area contributed by atoms with Crippen LogP contribution in [0.4, 0.5) is 0 Å². The number of hydrogen-bond donors (Lipinski definition) is 1. The number of rotatable bonds is 5. The summed E-state index contributed by atoms with van der Waals surface area (Å²) in [6.07, 6.45) is 0.174. The molecule has 2 heterocycles. The van der Waals surface area contributed by atoms with Crippen LogP contribution in [0.2, 0.25) is 0 Å². The third-order valence-electron chi connectivity index (χ3n) is 6.86. The van der Waals surface area contributed by atoms with E-state index in [9.17, 15) is 5.11 Å². The fraction of sp³-hybridized carbons (Fsp3) is 0. The molecule has 0 radical (unpaired) electrons. The van der Waals surface area contributed by atoms with Crippen molar-refractivity contribution < 1.29 is 30.3 Å². The Hall–Kier alpha value is -4.79. The van der Waals surface area contributed by atoms with E-state index < -0.39 is 0 Å². The number of nitrogens with zero attached hydrogens (tertiary/aromatic N) is 3. The summed E-state index contributed by atoms with van der Waals surface area (Å²) in [5.74, 6) is 0.235. The van der Waals surface area contributed by atoms with E-state index in [0.717, 1.165) is 39.0 Å². The molecule has 0 saturated heterocycles. The molecule has 0 fully saturated rings. The van der Waals surface area contributed by atoms with Gasteiger partial charge >= 0.3 is 0 Å². The van der Waals surface area contributed by atoms with Crippen molar-refractivity contribution in [3.8, 4) is 56.3 Å². The first-order chi connectivity index (χ1) is 21.0. The predicted molar refractivity (Wildman–Crippen MR) is 161 cm³/mol. The van der Waals surface area contributed by atoms with Crippen molar-refractivity contribution >= 4 is 11.0 Å². The van der Waals surface area contributed by atoms with Gasteiger partial charge in [-0.15, -0.1) is 29.8 Å². The zero-order chi connectivity index (χ0) is 29.5. The maximum Gasteiger partial charge on any atom is 0.148 e. The number of pyridine rings is 1. The Labute approximate surface area is 257 Å². The molecule has 5 aromatic carbocycles. The van der Waals surface area contributed by atoms with E-state index in [2.05, 4.69) is 11.1 Å². The van der Waals surface area contributed by atoms with Crippen LogP contribution in [-0.2, 0) is 21.1 Å². The zero-order valence-electron chi connectivity index (χ0n) is 24.7. The Balaban J connectivity index is 0.00000343. The summed E-state index contributed by atoms with van der Waals surface area (Å²) >= 11 is 0. The van der Waals surface area contributed by atoms with Crippen molar-refractivity contribution in [2.75, 3.05) is 0 Å². The normalized spacial score (nSPS) is 11.9. The molecule has 0 atom stereocenters. The topological polar surface area (TPSA) is 50.9 Å². The van der Waals surface area contributed by atoms with E-state index in [1.54, 1.807) is 6.07 Å². The van der Waals surface area contributed by atoms with Gasteiger partial charge in [0.05, 0.1) is 20.7 Å². The minimum Gasteiger partial charge on any atom is -0.507 e. The molecule has 0 aliphatic heterocycles. The first kappa shape index (κ1) is 23.0. The molecular formula is C36H24N3OPt-. The summed E-state index contributed by atoms with van der Waals surface area (Å²) in [5.41, 5.74) is 7.49. The van der Waals surface area contributed by atoms with Crippen LogP contribution in [0.5, 0.6) is 5.75 Å². The molecule has 1 N–H and O–H groups in total. The molecule has 0 aliphatic carbocycles. The van der Waals surface area contributed by atoms with Crippen molar-refractivity contribution in [1.82, 2.24) is 14.5 Å². The summed E-state index contributed by atoms with van der Waals surface area (Å²) in [5, 5.41) is 10.9. The fourth-order valence-corrected chi connectivity index (χ4v) is 4.99. The number of aromatic hydroxyl groups is 1. The number of hydrogen-bond acceptors (Lipinski definition) is 3. The van der Waals surface area contributed by atoms with Gasteiger partial charge in [0, 0.05) is 38.6 Å². The summed E-state index contributed by atoms with van der Waals surface area (Å²) in [4.78, 5) is 9.52. The van der Waals surface area contributed by atoms with Gasteiger partial charge in [0.15, 0.2) is 0 Å². The molecule has 0 saturated carbocycles. The first-order valence-electron chi connectivity index (χ1n) is 14.4. The van der Waals surface area contributed by atoms with Gasteiger partial charge in [-0.3, -0.25) is 9.55 Å². The fourth-order valence-electron chi connectivity index (χ4n) is 4.99. The molecule has 0 spiro atoms. The summed E-state index contributed by atoms with van der Waals surface area (Å²) in [6.45, 7) is 0. The number of phenolic OH excluding ortho intramolecular Hbond substituents is 1. The Kier molecular flexibility index (Phi) is 6.37. The molecule has 2 aromatic heterocycles. The molecule has 4 nitrogen and oxygen atoms in total. The van der Waals surface area contributed by atoms with Crippen molar-refractivity contribution in [2.45, 2.75) is 0 Å². The maximum absolute atomic E-state index is 10.9. The van der Waals surface area contributed by atoms with Crippen LogP contribution in [0.15, 0.2) is 140 Å². The standard InChI is InChI=1S/C36H24N3O.Pt/c40-34-20-8-7-17-31(34)36-38-35-30(18-10-19-33(35)39(36)29-15-5-2-6-16-29)27-13-9-14-28(23-27)32-24-26(21-22-37-32)25-11-3-1-4-12-25;/h1-22,24,40H;/q-1;/i8D,17D,22D;. The van der Waals surface area contributed by atoms with Crippen LogP contribution < -0.4 is 0 Å². The van der Waals surface area contributed by atoms with Gasteiger partial charge in [-0.2, -0.15) is 0 Å². The SMILES string of the molecule is [2H]c1cc([2H])c(-c2nc3c(-c4[c-]c(-c5cc(-c6ccccc6)cc([2H])n5)ccc4)cccc3n2-c2ccccc2)c(O)c1.[Pt]. The molecule has 7 aromatic rings. The van der Waals surface area contributed by atoms with Crippen LogP contribution in [0, 0.1) is 6.07 Å². The second-order valence-corrected chi connectivity index (χ2v) is 9.35. The minimum atomic E-state index is -0.171. The number of fused-ring (bicyclic) bond motifs is 1. The van der Waals surface area contributed by atoms with Gasteiger partial charge in [-0.1, -0.05) is 90.0 Å². The van der Waals surface area contributed by atoms with E-state index >= 15 is 0 Å². The molecule has 41 heavy (non-hydrogen) atoms. The van der Waals surface area contributed by atoms with Crippen molar-refractivity contribution in [1.29, 1.82) is 0 Å². The first-order valence-corrected chi connectivity index (χ1v) is 12.9. The third kappa shape index (κ3) is 4.99. The zero-order valence-corrected chi connectivity index (χ0v) is 23.9. The van der Waals surface area contributed by atoms with E-state index in [0.29, 0.717) is 17.0 Å². The second-order valence-electron chi connectivity index (χ2n) is 9.35. The summed E-state index contributed by atoms with van der Waals surface area (Å²) in [7, 11) is 0. The van der Waals surface area contributed by atoms with Crippen LogP contribution in [-0.4, -0.2) is 19.6 Å². The smallest absolute Gasteiger partial charge is 0.148 e. The van der Waals surface area contributed by atoms with Gasteiger partial charge < -0.3 is 5.11 Å². The maximum atomic E-state index is 10.9. The van der Waals surface area contributed by atoms with Gasteiger partial charge in [0.25, 0.3) is 0 Å². The van der Waals surface area contributed by atoms with Crippen molar-refractivity contribution in [3.05, 3.63) is 146 Å². The molecule has 0 aliphatic rings. The molecule has 7 rings (SSSR count). The third-order valence-corrected chi connectivity index (χ3v) is 6.86. The van der Waals surface area contributed by atoms with Crippen LogP contribution >= 0.6 is 0 Å². The van der Waals surface area contributed by atoms with E-state index in [1.807, 2.05) is 108 Å². The molecule has 0 bridgehead atoms. The second kappa shape index (κ2) is 11.4. The Morgan fingerprint density at radius 2 is 1.46 bits per heavy atom. The molecule has 0 unspecified atom stereocenters. The average molecular weight is 713 g/mol. The van der Waals surface area contributed by atoms with Crippen LogP contribution in [0.1, 0.15) is 4.11 Å². The quantitative estimate of drug-likeness (QED) is 0.182. The predicted octanol–water partition coefficient (Wildman–Crippen LogP) is 8.59. The number of aromatic nitrogens is 3. The number of imidazole rings is 1.